The van der Waals surface area contributed by atoms with E-state index >= 15 is 0 Å². The fourth-order valence-corrected chi connectivity index (χ4v) is 14.7. The number of aliphatic hydroxyl groups excluding tert-OH is 1. The van der Waals surface area contributed by atoms with Crippen LogP contribution in [0.1, 0.15) is 115 Å². The van der Waals surface area contributed by atoms with Gasteiger partial charge >= 0.3 is 33.2 Å². The van der Waals surface area contributed by atoms with Gasteiger partial charge in [0.1, 0.15) is 36.8 Å². The number of urea groups is 2. The third kappa shape index (κ3) is 43.9. The maximum absolute atomic E-state index is 13.9. The van der Waals surface area contributed by atoms with E-state index in [4.69, 9.17) is 36.1 Å². The van der Waals surface area contributed by atoms with Crippen LogP contribution in [0.2, 0.25) is 0 Å². The maximum Gasteiger partial charge on any atom is 0.369 e. The van der Waals surface area contributed by atoms with Crippen LogP contribution < -0.4 is 91.6 Å². The molecule has 1 heterocycles. The van der Waals surface area contributed by atoms with Gasteiger partial charge in [-0.3, -0.25) is 85.9 Å². The van der Waals surface area contributed by atoms with Gasteiger partial charge in [0.05, 0.1) is 77.2 Å². The average Bonchev–Trinajstić information content (AvgIpc) is 1.47. The van der Waals surface area contributed by atoms with Crippen molar-refractivity contribution in [3.8, 4) is 0 Å². The molecule has 1 fully saturated rings. The van der Waals surface area contributed by atoms with Gasteiger partial charge in [-0.2, -0.15) is 0 Å². The Bertz CT molecular complexity index is 4010. The van der Waals surface area contributed by atoms with Crippen molar-refractivity contribution in [2.24, 2.45) is 23.1 Å². The molecule has 1 unspecified atom stereocenters. The molecule has 0 radical (unpaired) electrons. The molecular formula is C74H118N18O30P2S. The van der Waals surface area contributed by atoms with Crippen LogP contribution in [0.15, 0.2) is 48.5 Å². The van der Waals surface area contributed by atoms with Crippen LogP contribution in [0.25, 0.3) is 0 Å². The average molecular weight is 1830 g/mol. The highest BCUT2D eigenvalue weighted by Gasteiger charge is 2.58. The lowest BCUT2D eigenvalue weighted by Gasteiger charge is -2.29. The second-order valence-corrected chi connectivity index (χ2v) is 33.9. The van der Waals surface area contributed by atoms with Crippen molar-refractivity contribution in [2.45, 2.75) is 164 Å². The number of aliphatic hydroxyl groups is 2. The zero-order chi connectivity index (χ0) is 93.2. The van der Waals surface area contributed by atoms with Gasteiger partial charge in [0.25, 0.3) is 5.08 Å². The first kappa shape index (κ1) is 109. The first-order valence-electron chi connectivity index (χ1n) is 39.9. The zero-order valence-corrected chi connectivity index (χ0v) is 72.2. The minimum Gasteiger partial charge on any atom is -0.481 e. The number of carboxylic acids is 1. The number of carbonyl (C=O) groups is 17. The molecule has 2 aromatic rings. The number of aliphatic carboxylic acids is 1. The van der Waals surface area contributed by atoms with Gasteiger partial charge in [-0.15, -0.1) is 11.8 Å². The number of nitrogens with zero attached hydrogens (tertiary/aromatic N) is 1. The standard InChI is InChI=1S/C74H118N18O30P2S/c1-45(2)64(91-69(107)54(43-93)89-68(106)53(18-23-63(101)102)88-67(105)52(13-8-26-84-72(77)110)87-60(98)40-47-14-16-48(17-15-47)85-73(111)90-50-11-5-4-10-46(50)3)70(108)83-31-35-122-39-38-121-33-29-80-57(95)20-19-56(94)79-28-32-119-36-37-120-34-30-81-58(96)21-22-59(97)86-51(65(76)103)12-6-7-25-82-66(104)49(75)44-125-55-41-62(100)92(71(55)109)42-61(99)78-27-9-24-74(112,123(113,114)115)124(116,117)118/h4-5,10-11,14-17,45,49,51-55,64,93,112H,6-9,12-13,18-44,75H2,1-3H3,(H2,76,103)(H,78,99)(H,79,94)(H,80,95)(H,81,96)(H,82,104)(H,83,108)(H,86,97)(H,87,98)(H,88,105)(H,89,106)(H,91,107)(H,101,102)(H3,77,84,110)(H2,85,90,111)(H2,113,114,115)(H2,116,117,118)/t49-,51+,52+,53+,54+,55?,64+/m1/s1. The van der Waals surface area contributed by atoms with E-state index in [-0.39, 0.29) is 156 Å². The van der Waals surface area contributed by atoms with E-state index in [2.05, 4.69) is 74.4 Å². The minimum atomic E-state index is -5.71. The molecule has 700 valence electrons. The summed E-state index contributed by atoms with van der Waals surface area (Å²) in [7, 11) is -11.4. The number of hydrogen-bond acceptors (Lipinski definition) is 27. The second-order valence-electron chi connectivity index (χ2n) is 28.7. The fraction of sp³-hybridized carbons (Fsp3) is 0.608. The summed E-state index contributed by atoms with van der Waals surface area (Å²) in [5.74, 6) is -12.0. The van der Waals surface area contributed by atoms with Crippen LogP contribution in [0, 0.1) is 12.8 Å². The molecule has 0 bridgehead atoms. The summed E-state index contributed by atoms with van der Waals surface area (Å²) in [6.45, 7) is 4.18. The summed E-state index contributed by atoms with van der Waals surface area (Å²) in [6.07, 6.45) is -3.31. The molecule has 27 N–H and O–H groups in total. The summed E-state index contributed by atoms with van der Waals surface area (Å²) in [4.78, 5) is 253. The number of imide groups is 1. The van der Waals surface area contributed by atoms with Crippen LogP contribution >= 0.6 is 27.0 Å². The molecule has 0 aliphatic carbocycles. The smallest absolute Gasteiger partial charge is 0.369 e. The summed E-state index contributed by atoms with van der Waals surface area (Å²) in [5.41, 5.74) is 19.0. The van der Waals surface area contributed by atoms with E-state index in [9.17, 15) is 126 Å². The number of primary amides is 2. The topological polar surface area (TPSA) is 753 Å². The van der Waals surface area contributed by atoms with E-state index in [0.717, 1.165) is 17.3 Å². The van der Waals surface area contributed by atoms with Crippen molar-refractivity contribution in [3.05, 3.63) is 59.7 Å². The Morgan fingerprint density at radius 3 is 1.53 bits per heavy atom. The molecule has 0 aromatic heterocycles. The van der Waals surface area contributed by atoms with Crippen molar-refractivity contribution < 1.29 is 144 Å². The normalized spacial score (nSPS) is 14.2. The number of rotatable bonds is 64. The predicted molar refractivity (Wildman–Crippen MR) is 446 cm³/mol. The van der Waals surface area contributed by atoms with Crippen molar-refractivity contribution in [3.63, 3.8) is 0 Å². The van der Waals surface area contributed by atoms with Gasteiger partial charge in [0.15, 0.2) is 0 Å². The number of amides is 18. The van der Waals surface area contributed by atoms with Gasteiger partial charge in [-0.1, -0.05) is 44.2 Å². The number of likely N-dealkylation sites (tertiary alicyclic amines) is 1. The van der Waals surface area contributed by atoms with Crippen LogP contribution in [0.4, 0.5) is 21.0 Å². The molecule has 3 rings (SSSR count). The highest BCUT2D eigenvalue weighted by molar-refractivity contribution is 8.00. The van der Waals surface area contributed by atoms with Crippen molar-refractivity contribution in [1.29, 1.82) is 0 Å². The molecule has 7 atom stereocenters. The van der Waals surface area contributed by atoms with Crippen LogP contribution in [0.5, 0.6) is 0 Å². The number of nitrogens with two attached hydrogens (primary N) is 3. The number of hydrogen-bond donors (Lipinski definition) is 24. The largest absolute Gasteiger partial charge is 0.481 e. The monoisotopic (exact) mass is 1830 g/mol. The summed E-state index contributed by atoms with van der Waals surface area (Å²) in [6, 6.07) is 3.98. The SMILES string of the molecule is Cc1ccccc1NC(=O)Nc1ccc(CC(=O)N[C@@H](CCCNC(N)=O)C(=O)N[C@@H](CCC(=O)O)C(=O)N[C@@H](CO)C(=O)N[C@H](C(=O)NCCOCCOCCNC(=O)CCC(=O)NCCOCCOCCNC(=O)CCC(=O)N[C@@H](CCCCNC(=O)[C@H](N)CSC2CC(=O)N(CC(=O)NCCCC(O)(P(=O)(O)O)P(=O)(O)O)C2=O)C(N)=O)C(C)C)cc1. The number of anilines is 2. The number of thioether (sulfide) groups is 1. The first-order chi connectivity index (χ1) is 59.0. The Hall–Kier alpha value is -10.4. The lowest BCUT2D eigenvalue weighted by atomic mass is 10.0. The summed E-state index contributed by atoms with van der Waals surface area (Å²) in [5, 5.41) is 60.5. The number of nitrogens with one attached hydrogen (secondary N) is 14. The Morgan fingerprint density at radius 1 is 0.528 bits per heavy atom. The quantitative estimate of drug-likeness (QED) is 0.0167. The second kappa shape index (κ2) is 58.0. The summed E-state index contributed by atoms with van der Waals surface area (Å²) < 4.78 is 44.9. The Balaban J connectivity index is 1.22. The molecule has 2 aromatic carbocycles. The van der Waals surface area contributed by atoms with Gasteiger partial charge in [-0.25, -0.2) is 9.59 Å². The number of aryl methyl sites for hydroxylation is 1. The molecule has 51 heteroatoms. The fourth-order valence-electron chi connectivity index (χ4n) is 11.3. The Kier molecular flexibility index (Phi) is 50.5. The van der Waals surface area contributed by atoms with E-state index in [1.54, 1.807) is 50.2 Å². The number of carbonyl (C=O) groups excluding carboxylic acids is 16. The first-order valence-corrected chi connectivity index (χ1v) is 44.2. The van der Waals surface area contributed by atoms with Crippen LogP contribution in [0.3, 0.4) is 0 Å². The molecule has 1 aliphatic rings. The third-order valence-corrected chi connectivity index (χ3v) is 23.4. The highest BCUT2D eigenvalue weighted by atomic mass is 32.2. The zero-order valence-electron chi connectivity index (χ0n) is 69.6. The van der Waals surface area contributed by atoms with E-state index in [0.29, 0.717) is 34.7 Å². The molecule has 0 spiro atoms. The van der Waals surface area contributed by atoms with Gasteiger partial charge in [-0.05, 0) is 87.1 Å². The Morgan fingerprint density at radius 2 is 1.01 bits per heavy atom. The molecule has 48 nitrogen and oxygen atoms in total. The van der Waals surface area contributed by atoms with Crippen molar-refractivity contribution in [1.82, 2.24) is 68.7 Å². The lowest BCUT2D eigenvalue weighted by molar-refractivity contribution is -0.142. The number of ether oxygens (including phenoxy) is 4. The van der Waals surface area contributed by atoms with E-state index in [1.165, 1.54) is 0 Å². The van der Waals surface area contributed by atoms with E-state index in [1.807, 2.05) is 19.1 Å². The van der Waals surface area contributed by atoms with Crippen molar-refractivity contribution in [2.75, 3.05) is 128 Å². The van der Waals surface area contributed by atoms with Crippen LogP contribution in [-0.4, -0.2) is 305 Å². The van der Waals surface area contributed by atoms with E-state index < -0.39 is 214 Å². The number of benzene rings is 2. The highest BCUT2D eigenvalue weighted by Crippen LogP contribution is 2.69. The number of unbranched alkanes of at least 4 members (excludes halogenated alkanes) is 1. The summed E-state index contributed by atoms with van der Waals surface area (Å²) >= 11 is 0.896. The maximum atomic E-state index is 13.9. The molecular weight excluding hydrogens is 1710 g/mol. The van der Waals surface area contributed by atoms with Gasteiger partial charge < -0.3 is 145 Å². The predicted octanol–water partition coefficient (Wildman–Crippen LogP) is -5.48. The minimum absolute atomic E-state index is 0.0126. The van der Waals surface area contributed by atoms with Gasteiger partial charge in [0.2, 0.25) is 82.7 Å². The molecule has 1 aliphatic heterocycles. The molecule has 18 amide bonds. The Labute approximate surface area is 723 Å². The molecule has 1 saturated heterocycles. The molecule has 125 heavy (non-hydrogen) atoms. The third-order valence-electron chi connectivity index (χ3n) is 18.2. The number of carboxylic acid groups (broad SMARTS) is 1. The molecule has 0 saturated carbocycles. The lowest BCUT2D eigenvalue weighted by Crippen LogP contribution is -2.60. The van der Waals surface area contributed by atoms with Crippen LogP contribution in [-0.2, 0) is 106 Å². The number of para-hydroxylation sites is 1. The van der Waals surface area contributed by atoms with Crippen molar-refractivity contribution >= 4 is 139 Å². The van der Waals surface area contributed by atoms with Gasteiger partial charge in [0, 0.05) is 108 Å².